The van der Waals surface area contributed by atoms with E-state index < -0.39 is 0 Å². The fraction of sp³-hybridized carbons (Fsp3) is 0.333. The first-order valence-corrected chi connectivity index (χ1v) is 4.80. The summed E-state index contributed by atoms with van der Waals surface area (Å²) < 4.78 is 0. The lowest BCUT2D eigenvalue weighted by Crippen LogP contribution is -2.30. The average molecular weight is 254 g/mol. The lowest BCUT2D eigenvalue weighted by atomic mass is 10.0. The van der Waals surface area contributed by atoms with E-state index in [2.05, 4.69) is 35.7 Å². The maximum Gasteiger partial charge on any atom is 0.0239 e. The average Bonchev–Trinajstić information content (AvgIpc) is 2.18. The van der Waals surface area contributed by atoms with Gasteiger partial charge in [0.2, 0.25) is 0 Å². The molecular weight excluding hydrogens is 238 g/mol. The predicted octanol–water partition coefficient (Wildman–Crippen LogP) is 2.81. The zero-order chi connectivity index (χ0) is 9.10. The number of hydrogen-bond donors (Lipinski definition) is 0. The molecule has 2 heteroatoms. The second kappa shape index (κ2) is 5.32. The Kier molecular flexibility index (Phi) is 4.36. The Morgan fingerprint density at radius 3 is 2.71 bits per heavy atom. The van der Waals surface area contributed by atoms with Gasteiger partial charge in [-0.2, -0.15) is 0 Å². The van der Waals surface area contributed by atoms with Gasteiger partial charge in [0, 0.05) is 19.6 Å². The van der Waals surface area contributed by atoms with Crippen molar-refractivity contribution in [3.63, 3.8) is 0 Å². The van der Waals surface area contributed by atoms with Crippen molar-refractivity contribution in [1.29, 1.82) is 0 Å². The van der Waals surface area contributed by atoms with E-state index in [1.807, 2.05) is 6.08 Å². The summed E-state index contributed by atoms with van der Waals surface area (Å²) in [5.41, 5.74) is 3.00. The lowest BCUT2D eigenvalue weighted by Gasteiger charge is -2.27. The normalized spacial score (nSPS) is 15.4. The molecule has 2 rings (SSSR count). The SMILES string of the molecule is Br.C=CCN1CCc2ccccc2C1. The highest BCUT2D eigenvalue weighted by Crippen LogP contribution is 2.17. The number of hydrogen-bond acceptors (Lipinski definition) is 1. The minimum atomic E-state index is 0. The van der Waals surface area contributed by atoms with E-state index >= 15 is 0 Å². The molecule has 1 aromatic rings. The Balaban J connectivity index is 0.000000980. The zero-order valence-electron chi connectivity index (χ0n) is 8.28. The van der Waals surface area contributed by atoms with Gasteiger partial charge in [0.05, 0.1) is 0 Å². The summed E-state index contributed by atoms with van der Waals surface area (Å²) in [6.07, 6.45) is 3.16. The van der Waals surface area contributed by atoms with Crippen LogP contribution in [0.2, 0.25) is 0 Å². The summed E-state index contributed by atoms with van der Waals surface area (Å²) in [6, 6.07) is 8.71. The summed E-state index contributed by atoms with van der Waals surface area (Å²) in [6.45, 7) is 7.03. The molecule has 0 aliphatic carbocycles. The number of benzene rings is 1. The molecule has 1 heterocycles. The molecule has 0 spiro atoms. The quantitative estimate of drug-likeness (QED) is 0.733. The summed E-state index contributed by atoms with van der Waals surface area (Å²) in [5.74, 6) is 0. The van der Waals surface area contributed by atoms with Gasteiger partial charge in [-0.05, 0) is 17.5 Å². The van der Waals surface area contributed by atoms with Crippen molar-refractivity contribution in [2.45, 2.75) is 13.0 Å². The van der Waals surface area contributed by atoms with Crippen LogP contribution in [-0.2, 0) is 13.0 Å². The molecule has 0 aromatic heterocycles. The number of halogens is 1. The zero-order valence-corrected chi connectivity index (χ0v) is 9.99. The van der Waals surface area contributed by atoms with Crippen LogP contribution < -0.4 is 0 Å². The Bertz CT molecular complexity index is 309. The van der Waals surface area contributed by atoms with E-state index in [0.717, 1.165) is 13.1 Å². The third kappa shape index (κ3) is 2.46. The minimum Gasteiger partial charge on any atom is -0.295 e. The molecule has 0 radical (unpaired) electrons. The van der Waals surface area contributed by atoms with Crippen LogP contribution in [0, 0.1) is 0 Å². The predicted molar refractivity (Wildman–Crippen MR) is 65.9 cm³/mol. The van der Waals surface area contributed by atoms with Crippen molar-refractivity contribution in [3.8, 4) is 0 Å². The molecule has 0 saturated heterocycles. The van der Waals surface area contributed by atoms with Crippen LogP contribution >= 0.6 is 17.0 Å². The van der Waals surface area contributed by atoms with E-state index in [1.54, 1.807) is 0 Å². The van der Waals surface area contributed by atoms with E-state index in [4.69, 9.17) is 0 Å². The molecule has 14 heavy (non-hydrogen) atoms. The molecule has 76 valence electrons. The Labute approximate surface area is 96.2 Å². The van der Waals surface area contributed by atoms with E-state index in [-0.39, 0.29) is 17.0 Å². The molecule has 0 unspecified atom stereocenters. The number of fused-ring (bicyclic) bond motifs is 1. The second-order valence-corrected chi connectivity index (χ2v) is 3.54. The van der Waals surface area contributed by atoms with Crippen LogP contribution in [0.5, 0.6) is 0 Å². The van der Waals surface area contributed by atoms with Crippen molar-refractivity contribution in [2.75, 3.05) is 13.1 Å². The van der Waals surface area contributed by atoms with Gasteiger partial charge in [-0.3, -0.25) is 4.90 Å². The van der Waals surface area contributed by atoms with Crippen molar-refractivity contribution in [2.24, 2.45) is 0 Å². The van der Waals surface area contributed by atoms with Crippen LogP contribution in [0.3, 0.4) is 0 Å². The topological polar surface area (TPSA) is 3.24 Å². The van der Waals surface area contributed by atoms with Crippen LogP contribution in [0.1, 0.15) is 11.1 Å². The van der Waals surface area contributed by atoms with Gasteiger partial charge in [0.15, 0.2) is 0 Å². The van der Waals surface area contributed by atoms with Crippen LogP contribution in [0.4, 0.5) is 0 Å². The van der Waals surface area contributed by atoms with Gasteiger partial charge in [0.25, 0.3) is 0 Å². The molecule has 0 N–H and O–H groups in total. The van der Waals surface area contributed by atoms with Crippen molar-refractivity contribution in [3.05, 3.63) is 48.0 Å². The first kappa shape index (κ1) is 11.5. The molecule has 1 aromatic carbocycles. The highest BCUT2D eigenvalue weighted by atomic mass is 79.9. The summed E-state index contributed by atoms with van der Waals surface area (Å²) in [4.78, 5) is 2.43. The van der Waals surface area contributed by atoms with Crippen LogP contribution in [0.25, 0.3) is 0 Å². The Morgan fingerprint density at radius 2 is 2.00 bits per heavy atom. The molecule has 1 aliphatic heterocycles. The first-order chi connectivity index (χ1) is 6.40. The maximum absolute atomic E-state index is 3.77. The molecular formula is C12H16BrN. The minimum absolute atomic E-state index is 0. The first-order valence-electron chi connectivity index (χ1n) is 4.80. The smallest absolute Gasteiger partial charge is 0.0239 e. The lowest BCUT2D eigenvalue weighted by molar-refractivity contribution is 0.282. The fourth-order valence-corrected chi connectivity index (χ4v) is 1.89. The number of nitrogens with zero attached hydrogens (tertiary/aromatic N) is 1. The van der Waals surface area contributed by atoms with Gasteiger partial charge >= 0.3 is 0 Å². The fourth-order valence-electron chi connectivity index (χ4n) is 1.89. The summed E-state index contributed by atoms with van der Waals surface area (Å²) in [7, 11) is 0. The van der Waals surface area contributed by atoms with Crippen molar-refractivity contribution < 1.29 is 0 Å². The third-order valence-corrected chi connectivity index (χ3v) is 2.60. The molecule has 0 atom stereocenters. The van der Waals surface area contributed by atoms with Crippen molar-refractivity contribution in [1.82, 2.24) is 4.90 Å². The highest BCUT2D eigenvalue weighted by molar-refractivity contribution is 8.93. The molecule has 0 fully saturated rings. The molecule has 1 nitrogen and oxygen atoms in total. The van der Waals surface area contributed by atoms with E-state index in [0.29, 0.717) is 0 Å². The van der Waals surface area contributed by atoms with Crippen LogP contribution in [-0.4, -0.2) is 18.0 Å². The summed E-state index contributed by atoms with van der Waals surface area (Å²) in [5, 5.41) is 0. The second-order valence-electron chi connectivity index (χ2n) is 3.54. The molecule has 0 bridgehead atoms. The van der Waals surface area contributed by atoms with Gasteiger partial charge in [-0.15, -0.1) is 23.6 Å². The van der Waals surface area contributed by atoms with Gasteiger partial charge in [-0.1, -0.05) is 30.3 Å². The Morgan fingerprint density at radius 1 is 1.29 bits per heavy atom. The maximum atomic E-state index is 3.77. The van der Waals surface area contributed by atoms with Gasteiger partial charge in [-0.25, -0.2) is 0 Å². The monoisotopic (exact) mass is 253 g/mol. The standard InChI is InChI=1S/C12H15N.BrH/c1-2-8-13-9-7-11-5-3-4-6-12(11)10-13;/h2-6H,1,7-10H2;1H. The molecule has 1 aliphatic rings. The highest BCUT2D eigenvalue weighted by Gasteiger charge is 2.13. The molecule has 0 saturated carbocycles. The summed E-state index contributed by atoms with van der Waals surface area (Å²) >= 11 is 0. The molecule has 0 amide bonds. The number of rotatable bonds is 2. The third-order valence-electron chi connectivity index (χ3n) is 2.60. The van der Waals surface area contributed by atoms with E-state index in [9.17, 15) is 0 Å². The largest absolute Gasteiger partial charge is 0.295 e. The van der Waals surface area contributed by atoms with E-state index in [1.165, 1.54) is 24.1 Å². The van der Waals surface area contributed by atoms with Crippen LogP contribution in [0.15, 0.2) is 36.9 Å². The Hall–Kier alpha value is -0.600. The van der Waals surface area contributed by atoms with Gasteiger partial charge < -0.3 is 0 Å². The van der Waals surface area contributed by atoms with Gasteiger partial charge in [0.1, 0.15) is 0 Å². The van der Waals surface area contributed by atoms with Crippen molar-refractivity contribution >= 4 is 17.0 Å².